The molecule has 14 heavy (non-hydrogen) atoms. The monoisotopic (exact) mass is 199 g/mol. The first-order chi connectivity index (χ1) is 6.35. The quantitative estimate of drug-likeness (QED) is 0.691. The Hall–Kier alpha value is -0.0400. The molecule has 0 radical (unpaired) electrons. The molecule has 86 valence electrons. The summed E-state index contributed by atoms with van der Waals surface area (Å²) < 4.78 is 0. The second-order valence-corrected chi connectivity index (χ2v) is 5.55. The molecule has 1 nitrogen and oxygen atoms in total. The van der Waals surface area contributed by atoms with E-state index in [-0.39, 0.29) is 0 Å². The van der Waals surface area contributed by atoms with Gasteiger partial charge in [0, 0.05) is 6.04 Å². The van der Waals surface area contributed by atoms with Crippen LogP contribution in [-0.2, 0) is 0 Å². The second-order valence-electron chi connectivity index (χ2n) is 5.55. The zero-order valence-corrected chi connectivity index (χ0v) is 10.9. The van der Waals surface area contributed by atoms with Gasteiger partial charge in [-0.15, -0.1) is 0 Å². The zero-order chi connectivity index (χ0) is 11.4. The standard InChI is InChI=1S/C13H29N/c1-7-12(13(5,6)8-2)10(3)9-11(4)14/h10-12H,7-9,14H2,1-6H3/t10-,11?,12?/m1/s1. The molecule has 0 saturated carbocycles. The zero-order valence-electron chi connectivity index (χ0n) is 10.9. The number of rotatable bonds is 6. The Morgan fingerprint density at radius 3 is 1.93 bits per heavy atom. The number of nitrogens with two attached hydrogens (primary N) is 1. The van der Waals surface area contributed by atoms with E-state index in [1.807, 2.05) is 0 Å². The minimum absolute atomic E-state index is 0.340. The second kappa shape index (κ2) is 5.75. The van der Waals surface area contributed by atoms with Crippen LogP contribution in [0, 0.1) is 17.3 Å². The van der Waals surface area contributed by atoms with Crippen molar-refractivity contribution in [1.29, 1.82) is 0 Å². The maximum Gasteiger partial charge on any atom is 0.00131 e. The Morgan fingerprint density at radius 1 is 1.14 bits per heavy atom. The minimum Gasteiger partial charge on any atom is -0.328 e. The molecule has 0 spiro atoms. The highest BCUT2D eigenvalue weighted by Gasteiger charge is 2.30. The summed E-state index contributed by atoms with van der Waals surface area (Å²) in [5.74, 6) is 1.55. The summed E-state index contributed by atoms with van der Waals surface area (Å²) >= 11 is 0. The largest absolute Gasteiger partial charge is 0.328 e. The summed E-state index contributed by atoms with van der Waals surface area (Å²) in [4.78, 5) is 0. The third-order valence-corrected chi connectivity index (χ3v) is 3.79. The van der Waals surface area contributed by atoms with Gasteiger partial charge in [0.15, 0.2) is 0 Å². The van der Waals surface area contributed by atoms with Gasteiger partial charge in [-0.3, -0.25) is 0 Å². The van der Waals surface area contributed by atoms with E-state index >= 15 is 0 Å². The van der Waals surface area contributed by atoms with Crippen LogP contribution >= 0.6 is 0 Å². The summed E-state index contributed by atoms with van der Waals surface area (Å²) in [7, 11) is 0. The molecular formula is C13H29N. The van der Waals surface area contributed by atoms with E-state index in [1.54, 1.807) is 0 Å². The lowest BCUT2D eigenvalue weighted by molar-refractivity contribution is 0.126. The molecular weight excluding hydrogens is 170 g/mol. The average Bonchev–Trinajstić information content (AvgIpc) is 2.03. The van der Waals surface area contributed by atoms with E-state index in [1.165, 1.54) is 12.8 Å². The molecule has 0 aliphatic heterocycles. The maximum atomic E-state index is 5.87. The molecule has 0 aliphatic carbocycles. The van der Waals surface area contributed by atoms with Crippen molar-refractivity contribution in [2.75, 3.05) is 0 Å². The predicted molar refractivity (Wildman–Crippen MR) is 65.3 cm³/mol. The summed E-state index contributed by atoms with van der Waals surface area (Å²) in [5.41, 5.74) is 6.33. The summed E-state index contributed by atoms with van der Waals surface area (Å²) in [6.07, 6.45) is 3.69. The fourth-order valence-electron chi connectivity index (χ4n) is 2.74. The minimum atomic E-state index is 0.340. The maximum absolute atomic E-state index is 5.87. The summed E-state index contributed by atoms with van der Waals surface area (Å²) in [5, 5.41) is 0. The van der Waals surface area contributed by atoms with Crippen molar-refractivity contribution >= 4 is 0 Å². The highest BCUT2D eigenvalue weighted by Crippen LogP contribution is 2.39. The first kappa shape index (κ1) is 14.0. The molecule has 0 aromatic rings. The van der Waals surface area contributed by atoms with Gasteiger partial charge in [-0.05, 0) is 30.6 Å². The summed E-state index contributed by atoms with van der Waals surface area (Å²) in [6.45, 7) is 13.8. The molecule has 0 saturated heterocycles. The fraction of sp³-hybridized carbons (Fsp3) is 1.00. The van der Waals surface area contributed by atoms with Crippen LogP contribution in [0.25, 0.3) is 0 Å². The highest BCUT2D eigenvalue weighted by atomic mass is 14.6. The first-order valence-electron chi connectivity index (χ1n) is 6.10. The van der Waals surface area contributed by atoms with Gasteiger partial charge in [0.25, 0.3) is 0 Å². The van der Waals surface area contributed by atoms with E-state index in [2.05, 4.69) is 41.5 Å². The molecule has 0 bridgehead atoms. The van der Waals surface area contributed by atoms with Crippen LogP contribution in [0.15, 0.2) is 0 Å². The molecule has 0 rings (SSSR count). The van der Waals surface area contributed by atoms with Crippen LogP contribution in [-0.4, -0.2) is 6.04 Å². The Balaban J connectivity index is 4.39. The van der Waals surface area contributed by atoms with Gasteiger partial charge in [0.1, 0.15) is 0 Å². The Morgan fingerprint density at radius 2 is 1.64 bits per heavy atom. The molecule has 2 unspecified atom stereocenters. The van der Waals surface area contributed by atoms with E-state index in [0.29, 0.717) is 11.5 Å². The van der Waals surface area contributed by atoms with E-state index in [0.717, 1.165) is 18.3 Å². The van der Waals surface area contributed by atoms with Crippen molar-refractivity contribution in [1.82, 2.24) is 0 Å². The van der Waals surface area contributed by atoms with Crippen LogP contribution in [0.5, 0.6) is 0 Å². The topological polar surface area (TPSA) is 26.0 Å². The molecule has 0 heterocycles. The van der Waals surface area contributed by atoms with Crippen LogP contribution in [0.4, 0.5) is 0 Å². The number of hydrogen-bond acceptors (Lipinski definition) is 1. The van der Waals surface area contributed by atoms with Crippen molar-refractivity contribution < 1.29 is 0 Å². The average molecular weight is 199 g/mol. The molecule has 3 atom stereocenters. The lowest BCUT2D eigenvalue weighted by Crippen LogP contribution is -2.31. The van der Waals surface area contributed by atoms with Gasteiger partial charge in [-0.1, -0.05) is 47.5 Å². The Labute approximate surface area is 90.5 Å². The van der Waals surface area contributed by atoms with Crippen molar-refractivity contribution in [3.63, 3.8) is 0 Å². The molecule has 0 amide bonds. The third kappa shape index (κ3) is 4.00. The molecule has 0 aromatic heterocycles. The van der Waals surface area contributed by atoms with E-state index in [9.17, 15) is 0 Å². The lowest BCUT2D eigenvalue weighted by Gasteiger charge is -2.38. The van der Waals surface area contributed by atoms with Gasteiger partial charge in [-0.25, -0.2) is 0 Å². The first-order valence-corrected chi connectivity index (χ1v) is 6.10. The van der Waals surface area contributed by atoms with Crippen LogP contribution in [0.1, 0.15) is 60.8 Å². The normalized spacial score (nSPS) is 19.1. The summed E-state index contributed by atoms with van der Waals surface area (Å²) in [6, 6.07) is 0.340. The molecule has 2 N–H and O–H groups in total. The van der Waals surface area contributed by atoms with Crippen LogP contribution in [0.2, 0.25) is 0 Å². The molecule has 1 heteroatoms. The molecule has 0 aliphatic rings. The van der Waals surface area contributed by atoms with Gasteiger partial charge < -0.3 is 5.73 Å². The SMILES string of the molecule is CCC([C@H](C)CC(C)N)C(C)(C)CC. The van der Waals surface area contributed by atoms with Crippen LogP contribution in [0.3, 0.4) is 0 Å². The van der Waals surface area contributed by atoms with Gasteiger partial charge >= 0.3 is 0 Å². The van der Waals surface area contributed by atoms with E-state index < -0.39 is 0 Å². The van der Waals surface area contributed by atoms with E-state index in [4.69, 9.17) is 5.73 Å². The third-order valence-electron chi connectivity index (χ3n) is 3.79. The fourth-order valence-corrected chi connectivity index (χ4v) is 2.74. The lowest BCUT2D eigenvalue weighted by atomic mass is 9.68. The Kier molecular flexibility index (Phi) is 5.73. The van der Waals surface area contributed by atoms with Crippen molar-refractivity contribution in [3.8, 4) is 0 Å². The predicted octanol–water partition coefficient (Wildman–Crippen LogP) is 3.82. The van der Waals surface area contributed by atoms with Crippen molar-refractivity contribution in [2.45, 2.75) is 66.8 Å². The smallest absolute Gasteiger partial charge is 0.00131 e. The van der Waals surface area contributed by atoms with Gasteiger partial charge in [0.2, 0.25) is 0 Å². The van der Waals surface area contributed by atoms with Gasteiger partial charge in [-0.2, -0.15) is 0 Å². The van der Waals surface area contributed by atoms with Crippen LogP contribution < -0.4 is 5.73 Å². The number of hydrogen-bond donors (Lipinski definition) is 1. The van der Waals surface area contributed by atoms with Crippen molar-refractivity contribution in [2.24, 2.45) is 23.0 Å². The highest BCUT2D eigenvalue weighted by molar-refractivity contribution is 4.81. The molecule has 0 aromatic carbocycles. The Bertz CT molecular complexity index is 149. The van der Waals surface area contributed by atoms with Crippen molar-refractivity contribution in [3.05, 3.63) is 0 Å². The molecule has 0 fully saturated rings. The van der Waals surface area contributed by atoms with Gasteiger partial charge in [0.05, 0.1) is 0 Å².